The van der Waals surface area contributed by atoms with Gasteiger partial charge in [0, 0.05) is 17.0 Å². The molecular formula is C27H30Cl2N4OS2. The van der Waals surface area contributed by atoms with Gasteiger partial charge in [0.05, 0.1) is 44.9 Å². The zero-order valence-corrected chi connectivity index (χ0v) is 23.8. The number of pyridine rings is 1. The molecule has 2 aliphatic carbocycles. The van der Waals surface area contributed by atoms with Crippen LogP contribution >= 0.6 is 35.0 Å². The summed E-state index contributed by atoms with van der Waals surface area (Å²) >= 11 is 13.7. The molecule has 2 heterocycles. The third kappa shape index (κ3) is 5.23. The van der Waals surface area contributed by atoms with E-state index in [0.717, 1.165) is 47.7 Å². The Morgan fingerprint density at radius 1 is 1.06 bits per heavy atom. The Kier molecular flexibility index (Phi) is 7.50. The van der Waals surface area contributed by atoms with Crippen molar-refractivity contribution in [1.82, 2.24) is 19.7 Å². The van der Waals surface area contributed by atoms with Crippen LogP contribution < -0.4 is 4.72 Å². The highest BCUT2D eigenvalue weighted by Gasteiger charge is 2.49. The van der Waals surface area contributed by atoms with Gasteiger partial charge in [0.25, 0.3) is 0 Å². The summed E-state index contributed by atoms with van der Waals surface area (Å²) in [5.41, 5.74) is 3.81. The Bertz CT molecular complexity index is 1270. The summed E-state index contributed by atoms with van der Waals surface area (Å²) in [6.07, 6.45) is 10.6. The van der Waals surface area contributed by atoms with E-state index in [1.54, 1.807) is 6.20 Å². The minimum atomic E-state index is -1.13. The topological polar surface area (TPSA) is 67.8 Å². The summed E-state index contributed by atoms with van der Waals surface area (Å²) < 4.78 is 16.3. The van der Waals surface area contributed by atoms with E-state index in [1.165, 1.54) is 22.9 Å². The number of aromatic nitrogens is 3. The largest absolute Gasteiger partial charge is 0.257 e. The maximum Gasteiger partial charge on any atom is 0.148 e. The number of fused-ring (bicyclic) bond motifs is 1. The lowest BCUT2D eigenvalue weighted by molar-refractivity contribution is 0.140. The second-order valence-corrected chi connectivity index (χ2v) is 14.5. The maximum absolute atomic E-state index is 13.1. The van der Waals surface area contributed by atoms with Crippen LogP contribution in [0.2, 0.25) is 10.2 Å². The van der Waals surface area contributed by atoms with Crippen LogP contribution in [0.3, 0.4) is 0 Å². The van der Waals surface area contributed by atoms with Crippen molar-refractivity contribution >= 4 is 45.9 Å². The molecule has 1 N–H and O–H groups in total. The fourth-order valence-electron chi connectivity index (χ4n) is 5.40. The normalized spacial score (nSPS) is 24.6. The lowest BCUT2D eigenvalue weighted by atomic mass is 9.66. The molecule has 0 radical (unpaired) electrons. The monoisotopic (exact) mass is 560 g/mol. The quantitative estimate of drug-likeness (QED) is 0.331. The van der Waals surface area contributed by atoms with Gasteiger partial charge >= 0.3 is 0 Å². The van der Waals surface area contributed by atoms with Crippen LogP contribution in [0.5, 0.6) is 0 Å². The number of hydrogen-bond acceptors (Lipinski definition) is 5. The van der Waals surface area contributed by atoms with Crippen molar-refractivity contribution in [1.29, 1.82) is 0 Å². The highest BCUT2D eigenvalue weighted by molar-refractivity contribution is 7.99. The predicted octanol–water partition coefficient (Wildman–Crippen LogP) is 7.32. The summed E-state index contributed by atoms with van der Waals surface area (Å²) in [4.78, 5) is 14.2. The fraction of sp³-hybridized carbons (Fsp3) is 0.444. The van der Waals surface area contributed by atoms with Crippen molar-refractivity contribution in [3.8, 4) is 0 Å². The van der Waals surface area contributed by atoms with E-state index >= 15 is 0 Å². The molecule has 2 aliphatic rings. The van der Waals surface area contributed by atoms with E-state index in [-0.39, 0.29) is 21.4 Å². The predicted molar refractivity (Wildman–Crippen MR) is 148 cm³/mol. The molecule has 0 bridgehead atoms. The average Bonchev–Trinajstić information content (AvgIpc) is 3.15. The third-order valence-corrected chi connectivity index (χ3v) is 10.8. The standard InChI is InChI=1S/C27H30Cl2N4OS2/c1-26(2,3)36(34)33-24-19-7-5-4-6-18(19)14-27(24)11-8-17(9-12-27)20-15-32-22(16-31-20)35-21-10-13-30-25(29)23(21)28/h4-7,10,13,15-17,24,33H,8-9,11-12,14H2,1-3H3/t17?,24-,27?,36?/m0/s1. The maximum atomic E-state index is 13.1. The Balaban J connectivity index is 1.29. The van der Waals surface area contributed by atoms with Gasteiger partial charge < -0.3 is 0 Å². The van der Waals surface area contributed by atoms with Gasteiger partial charge in [-0.05, 0) is 75.5 Å². The van der Waals surface area contributed by atoms with Gasteiger partial charge in [-0.3, -0.25) is 4.98 Å². The van der Waals surface area contributed by atoms with Crippen LogP contribution in [0.1, 0.15) is 75.2 Å². The molecule has 2 aromatic heterocycles. The summed E-state index contributed by atoms with van der Waals surface area (Å²) in [5.74, 6) is 0.374. The third-order valence-electron chi connectivity index (χ3n) is 7.38. The Morgan fingerprint density at radius 3 is 2.50 bits per heavy atom. The fourth-order valence-corrected chi connectivity index (χ4v) is 7.53. The lowest BCUT2D eigenvalue weighted by Crippen LogP contribution is -2.43. The molecule has 3 aromatic rings. The molecule has 1 spiro atoms. The van der Waals surface area contributed by atoms with Crippen LogP contribution in [-0.2, 0) is 17.4 Å². The van der Waals surface area contributed by atoms with Crippen molar-refractivity contribution in [2.45, 2.75) is 79.5 Å². The van der Waals surface area contributed by atoms with E-state index in [4.69, 9.17) is 28.2 Å². The van der Waals surface area contributed by atoms with E-state index in [1.807, 2.05) is 39.2 Å². The minimum absolute atomic E-state index is 0.0850. The number of halogens is 2. The van der Waals surface area contributed by atoms with Gasteiger partial charge in [-0.2, -0.15) is 0 Å². The summed E-state index contributed by atoms with van der Waals surface area (Å²) in [5, 5.41) is 1.49. The number of hydrogen-bond donors (Lipinski definition) is 1. The van der Waals surface area contributed by atoms with Gasteiger partial charge in [0.2, 0.25) is 0 Å². The van der Waals surface area contributed by atoms with Gasteiger partial charge in [-0.1, -0.05) is 59.2 Å². The Labute approximate surface area is 229 Å². The molecule has 1 aromatic carbocycles. The van der Waals surface area contributed by atoms with Crippen molar-refractivity contribution in [3.05, 3.63) is 75.9 Å². The first kappa shape index (κ1) is 26.1. The average molecular weight is 562 g/mol. The van der Waals surface area contributed by atoms with Crippen molar-refractivity contribution < 1.29 is 4.21 Å². The van der Waals surface area contributed by atoms with E-state index in [2.05, 4.69) is 39.0 Å². The molecule has 1 saturated carbocycles. The molecule has 1 unspecified atom stereocenters. The minimum Gasteiger partial charge on any atom is -0.257 e. The molecule has 5 nitrogen and oxygen atoms in total. The van der Waals surface area contributed by atoms with Crippen LogP contribution in [0.4, 0.5) is 0 Å². The van der Waals surface area contributed by atoms with Gasteiger partial charge in [-0.25, -0.2) is 18.9 Å². The molecule has 2 atom stereocenters. The number of rotatable bonds is 5. The first-order valence-corrected chi connectivity index (χ1v) is 14.9. The highest BCUT2D eigenvalue weighted by Crippen LogP contribution is 2.56. The smallest absolute Gasteiger partial charge is 0.148 e. The Hall–Kier alpha value is -1.51. The lowest BCUT2D eigenvalue weighted by Gasteiger charge is -2.42. The van der Waals surface area contributed by atoms with Gasteiger partial charge in [0.1, 0.15) is 10.2 Å². The van der Waals surface area contributed by atoms with Crippen LogP contribution in [0, 0.1) is 5.41 Å². The summed E-state index contributed by atoms with van der Waals surface area (Å²) in [6.45, 7) is 6.08. The molecule has 5 rings (SSSR count). The molecular weight excluding hydrogens is 531 g/mol. The molecule has 0 aliphatic heterocycles. The first-order valence-electron chi connectivity index (χ1n) is 12.2. The van der Waals surface area contributed by atoms with E-state index in [0.29, 0.717) is 10.9 Å². The molecule has 36 heavy (non-hydrogen) atoms. The molecule has 0 amide bonds. The van der Waals surface area contributed by atoms with Crippen LogP contribution in [0.25, 0.3) is 0 Å². The number of nitrogens with zero attached hydrogens (tertiary/aromatic N) is 3. The Morgan fingerprint density at radius 2 is 1.81 bits per heavy atom. The van der Waals surface area contributed by atoms with E-state index in [9.17, 15) is 4.21 Å². The van der Waals surface area contributed by atoms with Gasteiger partial charge in [-0.15, -0.1) is 0 Å². The molecule has 1 fully saturated rings. The zero-order chi connectivity index (χ0) is 25.5. The van der Waals surface area contributed by atoms with Crippen molar-refractivity contribution in [2.75, 3.05) is 0 Å². The molecule has 9 heteroatoms. The second-order valence-electron chi connectivity index (χ2n) is 10.7. The zero-order valence-electron chi connectivity index (χ0n) is 20.6. The van der Waals surface area contributed by atoms with E-state index < -0.39 is 11.0 Å². The van der Waals surface area contributed by atoms with Crippen LogP contribution in [-0.4, -0.2) is 23.9 Å². The first-order chi connectivity index (χ1) is 17.2. The number of benzene rings is 1. The SMILES string of the molecule is CC(C)(C)S(=O)N[C@H]1c2ccccc2CC12CCC(c1cnc(Sc3ccnc(Cl)c3Cl)cn1)CC2. The molecule has 0 saturated heterocycles. The molecule has 190 valence electrons. The second kappa shape index (κ2) is 10.3. The van der Waals surface area contributed by atoms with Gasteiger partial charge in [0.15, 0.2) is 0 Å². The summed E-state index contributed by atoms with van der Waals surface area (Å²) in [7, 11) is -1.13. The number of nitrogens with one attached hydrogen (secondary N) is 1. The summed E-state index contributed by atoms with van der Waals surface area (Å²) in [6, 6.07) is 10.6. The van der Waals surface area contributed by atoms with Crippen LogP contribution in [0.15, 0.2) is 58.8 Å². The highest BCUT2D eigenvalue weighted by atomic mass is 35.5. The van der Waals surface area contributed by atoms with Crippen molar-refractivity contribution in [3.63, 3.8) is 0 Å². The van der Waals surface area contributed by atoms with Crippen molar-refractivity contribution in [2.24, 2.45) is 5.41 Å².